The topological polar surface area (TPSA) is 188 Å². The molecule has 5 N–H and O–H groups in total. The fourth-order valence-electron chi connectivity index (χ4n) is 7.63. The van der Waals surface area contributed by atoms with E-state index in [1.165, 1.54) is 0 Å². The Morgan fingerprint density at radius 3 is 2.47 bits per heavy atom. The molecule has 230 valence electrons. The van der Waals surface area contributed by atoms with E-state index in [-0.39, 0.29) is 42.7 Å². The zero-order chi connectivity index (χ0) is 31.4. The van der Waals surface area contributed by atoms with Crippen LogP contribution in [0.2, 0.25) is 0 Å². The normalized spacial score (nSPS) is 32.0. The molecule has 2 saturated carbocycles. The van der Waals surface area contributed by atoms with Crippen molar-refractivity contribution in [2.45, 2.75) is 50.4 Å². The van der Waals surface area contributed by atoms with Gasteiger partial charge in [0.05, 0.1) is 36.4 Å². The SMILES string of the molecule is CC#Cc1cc(CCC(=O)N2CCOCC2)c2c(c1O)C(=O)C1C(=O)[C@@]3(O)C(=O)C(C(N)=O)C(O)[C@H](N(C)C)[C@H]3C[C@H]1C2. The standard InChI is InChI=1S/C31H37N3O9/c1-4-5-16-12-15(6-7-20(35)34-8-10-43-11-9-34)18-13-17-14-19-24(33(2)3)27(38)23(30(32)41)29(40)31(19,42)28(39)21(17)26(37)22(18)25(16)36/h12,17,19,21,23-24,27,36,38,42H,6-11,13-14H2,1-3H3,(H2,32,41)/t17-,19-,21?,23?,24-,27?,31-/m1/s1. The Labute approximate surface area is 249 Å². The molecule has 0 aromatic heterocycles. The molecule has 1 aromatic carbocycles. The van der Waals surface area contributed by atoms with E-state index in [0.717, 1.165) is 0 Å². The van der Waals surface area contributed by atoms with E-state index in [4.69, 9.17) is 10.5 Å². The van der Waals surface area contributed by atoms with Gasteiger partial charge in [0.25, 0.3) is 0 Å². The molecule has 5 rings (SSSR count). The molecule has 1 heterocycles. The molecule has 1 aromatic rings. The lowest BCUT2D eigenvalue weighted by Crippen LogP contribution is -2.75. The van der Waals surface area contributed by atoms with Gasteiger partial charge in [-0.25, -0.2) is 0 Å². The second-order valence-electron chi connectivity index (χ2n) is 12.1. The number of morpholine rings is 1. The number of nitrogens with two attached hydrogens (primary N) is 1. The first kappa shape index (κ1) is 30.8. The number of aliphatic hydroxyl groups is 2. The molecule has 3 fully saturated rings. The van der Waals surface area contributed by atoms with Crippen LogP contribution in [0, 0.1) is 35.5 Å². The van der Waals surface area contributed by atoms with Crippen LogP contribution in [0.3, 0.4) is 0 Å². The number of ketones is 3. The van der Waals surface area contributed by atoms with Gasteiger partial charge in [0.2, 0.25) is 11.8 Å². The lowest BCUT2D eigenvalue weighted by molar-refractivity contribution is -0.190. The third kappa shape index (κ3) is 4.84. The number of nitrogens with zero attached hydrogens (tertiary/aromatic N) is 2. The van der Waals surface area contributed by atoms with Crippen LogP contribution in [0.25, 0.3) is 0 Å². The highest BCUT2D eigenvalue weighted by atomic mass is 16.5. The maximum atomic E-state index is 14.1. The third-order valence-electron chi connectivity index (χ3n) is 9.61. The zero-order valence-electron chi connectivity index (χ0n) is 24.5. The maximum Gasteiger partial charge on any atom is 0.230 e. The van der Waals surface area contributed by atoms with Gasteiger partial charge in [0, 0.05) is 31.5 Å². The number of aryl methyl sites for hydroxylation is 1. The average Bonchev–Trinajstić information content (AvgIpc) is 2.95. The van der Waals surface area contributed by atoms with E-state index in [0.29, 0.717) is 37.4 Å². The van der Waals surface area contributed by atoms with E-state index in [9.17, 15) is 39.3 Å². The van der Waals surface area contributed by atoms with E-state index >= 15 is 0 Å². The van der Waals surface area contributed by atoms with Gasteiger partial charge in [-0.15, -0.1) is 5.92 Å². The number of fused-ring (bicyclic) bond motifs is 3. The molecular weight excluding hydrogens is 558 g/mol. The molecule has 12 nitrogen and oxygen atoms in total. The largest absolute Gasteiger partial charge is 0.506 e. The molecule has 0 bridgehead atoms. The van der Waals surface area contributed by atoms with Gasteiger partial charge in [0.15, 0.2) is 23.0 Å². The van der Waals surface area contributed by atoms with Gasteiger partial charge >= 0.3 is 0 Å². The predicted octanol–water partition coefficient (Wildman–Crippen LogP) is -1.18. The summed E-state index contributed by atoms with van der Waals surface area (Å²) in [6, 6.07) is 0.683. The number of phenols is 1. The van der Waals surface area contributed by atoms with Gasteiger partial charge in [-0.3, -0.25) is 24.0 Å². The molecular formula is C31H37N3O9. The van der Waals surface area contributed by atoms with Crippen LogP contribution in [0.1, 0.15) is 46.8 Å². The Morgan fingerprint density at radius 2 is 1.86 bits per heavy atom. The Hall–Kier alpha value is -3.63. The first-order valence-electron chi connectivity index (χ1n) is 14.5. The number of carbonyl (C=O) groups excluding carboxylic acids is 5. The number of aliphatic hydroxyl groups excluding tert-OH is 1. The summed E-state index contributed by atoms with van der Waals surface area (Å²) in [7, 11) is 3.19. The summed E-state index contributed by atoms with van der Waals surface area (Å²) in [5.41, 5.74) is 3.90. The molecule has 0 spiro atoms. The fourth-order valence-corrected chi connectivity index (χ4v) is 7.63. The fraction of sp³-hybridized carbons (Fsp3) is 0.581. The molecule has 1 saturated heterocycles. The number of amides is 2. The average molecular weight is 596 g/mol. The number of hydrogen-bond donors (Lipinski definition) is 4. The summed E-state index contributed by atoms with van der Waals surface area (Å²) >= 11 is 0. The quantitative estimate of drug-likeness (QED) is 0.238. The highest BCUT2D eigenvalue weighted by Crippen LogP contribution is 2.52. The monoisotopic (exact) mass is 595 g/mol. The van der Waals surface area contributed by atoms with Crippen molar-refractivity contribution in [2.75, 3.05) is 40.4 Å². The second kappa shape index (κ2) is 11.5. The summed E-state index contributed by atoms with van der Waals surface area (Å²) in [6.45, 7) is 3.46. The summed E-state index contributed by atoms with van der Waals surface area (Å²) in [4.78, 5) is 70.1. The lowest BCUT2D eigenvalue weighted by Gasteiger charge is -2.54. The molecule has 43 heavy (non-hydrogen) atoms. The van der Waals surface area contributed by atoms with Crippen LogP contribution in [-0.2, 0) is 36.8 Å². The van der Waals surface area contributed by atoms with Crippen LogP contribution in [0.5, 0.6) is 5.75 Å². The third-order valence-corrected chi connectivity index (χ3v) is 9.61. The van der Waals surface area contributed by atoms with Crippen molar-refractivity contribution in [1.29, 1.82) is 0 Å². The van der Waals surface area contributed by atoms with Gasteiger partial charge < -0.3 is 35.6 Å². The summed E-state index contributed by atoms with van der Waals surface area (Å²) in [5, 5.41) is 34.0. The van der Waals surface area contributed by atoms with Crippen LogP contribution >= 0.6 is 0 Å². The van der Waals surface area contributed by atoms with Gasteiger partial charge in [-0.1, -0.05) is 5.92 Å². The van der Waals surface area contributed by atoms with Crippen molar-refractivity contribution in [3.8, 4) is 17.6 Å². The lowest BCUT2D eigenvalue weighted by atomic mass is 9.52. The number of phenolic OH excluding ortho intramolecular Hbond substituents is 1. The van der Waals surface area contributed by atoms with E-state index in [2.05, 4.69) is 11.8 Å². The van der Waals surface area contributed by atoms with Crippen molar-refractivity contribution < 1.29 is 44.0 Å². The van der Waals surface area contributed by atoms with E-state index in [1.807, 2.05) is 0 Å². The number of likely N-dealkylation sites (N-methyl/N-ethyl adjacent to an activating group) is 1. The number of benzene rings is 1. The summed E-state index contributed by atoms with van der Waals surface area (Å²) in [6.07, 6.45) is -0.985. The molecule has 1 aliphatic heterocycles. The summed E-state index contributed by atoms with van der Waals surface area (Å²) in [5.74, 6) is -4.27. The highest BCUT2D eigenvalue weighted by Gasteiger charge is 2.69. The minimum atomic E-state index is -2.73. The smallest absolute Gasteiger partial charge is 0.230 e. The zero-order valence-corrected chi connectivity index (χ0v) is 24.5. The Kier molecular flexibility index (Phi) is 8.22. The number of primary amides is 1. The minimum absolute atomic E-state index is 0.0125. The molecule has 3 unspecified atom stereocenters. The number of carbonyl (C=O) groups is 5. The van der Waals surface area contributed by atoms with Crippen molar-refractivity contribution in [1.82, 2.24) is 9.80 Å². The highest BCUT2D eigenvalue weighted by molar-refractivity contribution is 6.25. The van der Waals surface area contributed by atoms with Gasteiger partial charge in [-0.2, -0.15) is 0 Å². The number of Topliss-reactive ketones (excluding diaryl/α,β-unsaturated/α-hetero) is 3. The molecule has 0 radical (unpaired) electrons. The van der Waals surface area contributed by atoms with Crippen LogP contribution in [-0.4, -0.2) is 112 Å². The molecule has 4 aliphatic rings. The van der Waals surface area contributed by atoms with Gasteiger partial charge in [0.1, 0.15) is 11.7 Å². The number of aromatic hydroxyl groups is 1. The summed E-state index contributed by atoms with van der Waals surface area (Å²) < 4.78 is 5.33. The van der Waals surface area contributed by atoms with Crippen LogP contribution in [0.4, 0.5) is 0 Å². The minimum Gasteiger partial charge on any atom is -0.506 e. The molecule has 12 heteroatoms. The number of rotatable bonds is 5. The van der Waals surface area contributed by atoms with E-state index < -0.39 is 70.4 Å². The number of hydrogen-bond acceptors (Lipinski definition) is 10. The predicted molar refractivity (Wildman–Crippen MR) is 151 cm³/mol. The number of ether oxygens (including phenoxy) is 1. The molecule has 7 atom stereocenters. The van der Waals surface area contributed by atoms with Gasteiger partial charge in [-0.05, 0) is 63.4 Å². The Morgan fingerprint density at radius 1 is 1.19 bits per heavy atom. The maximum absolute atomic E-state index is 14.1. The first-order chi connectivity index (χ1) is 20.3. The second-order valence-corrected chi connectivity index (χ2v) is 12.1. The first-order valence-corrected chi connectivity index (χ1v) is 14.5. The van der Waals surface area contributed by atoms with Crippen molar-refractivity contribution in [2.24, 2.45) is 29.4 Å². The van der Waals surface area contributed by atoms with Crippen LogP contribution < -0.4 is 5.73 Å². The van der Waals surface area contributed by atoms with Crippen molar-refractivity contribution in [3.05, 3.63) is 28.3 Å². The molecule has 3 aliphatic carbocycles. The molecule has 2 amide bonds. The van der Waals surface area contributed by atoms with Crippen molar-refractivity contribution in [3.63, 3.8) is 0 Å². The van der Waals surface area contributed by atoms with Crippen molar-refractivity contribution >= 4 is 29.2 Å². The van der Waals surface area contributed by atoms with Crippen LogP contribution in [0.15, 0.2) is 6.07 Å². The Balaban J connectivity index is 1.57. The Bertz CT molecular complexity index is 1450. The van der Waals surface area contributed by atoms with E-state index in [1.54, 1.807) is 36.9 Å².